The normalized spacial score (nSPS) is 18.4. The number of carbonyl (C=O) groups is 1. The number of alkyl halides is 1. The largest absolute Gasteiger partial charge is 0.317 e. The van der Waals surface area contributed by atoms with E-state index in [1.165, 1.54) is 11.8 Å². The van der Waals surface area contributed by atoms with Crippen molar-refractivity contribution in [3.63, 3.8) is 0 Å². The van der Waals surface area contributed by atoms with Crippen LogP contribution < -0.4 is 9.62 Å². The predicted molar refractivity (Wildman–Crippen MR) is 123 cm³/mol. The molecule has 2 unspecified atom stereocenters. The van der Waals surface area contributed by atoms with Gasteiger partial charge in [-0.3, -0.25) is 9.52 Å². The number of amidine groups is 1. The Hall–Kier alpha value is -2.06. The summed E-state index contributed by atoms with van der Waals surface area (Å²) >= 11 is 11.0. The van der Waals surface area contributed by atoms with Crippen molar-refractivity contribution < 1.29 is 13.2 Å². The van der Waals surface area contributed by atoms with Crippen LogP contribution in [-0.4, -0.2) is 35.9 Å². The van der Waals surface area contributed by atoms with Crippen molar-refractivity contribution in [1.29, 1.82) is 5.26 Å². The molecule has 1 aliphatic rings. The van der Waals surface area contributed by atoms with Gasteiger partial charge < -0.3 is 4.90 Å². The zero-order chi connectivity index (χ0) is 21.9. The predicted octanol–water partition coefficient (Wildman–Crippen LogP) is 3.49. The molecule has 2 aromatic carbocycles. The highest BCUT2D eigenvalue weighted by molar-refractivity contribution is 9.11. The first-order chi connectivity index (χ1) is 14.2. The molecule has 30 heavy (non-hydrogen) atoms. The van der Waals surface area contributed by atoms with E-state index in [-0.39, 0.29) is 0 Å². The molecule has 0 spiro atoms. The van der Waals surface area contributed by atoms with E-state index in [9.17, 15) is 13.2 Å². The van der Waals surface area contributed by atoms with Crippen LogP contribution in [0.15, 0.2) is 53.5 Å². The standard InChI is InChI=1S/C19H16BrClN4O3S2/c1-30(27,28)24-18(26)16-17(20)29-19(23-16)25(11-13-4-2-3-5-15(13)21)14-8-6-12(10-22)7-9-14/h2-9,16-17H,11H2,1H3,(H,24,26). The van der Waals surface area contributed by atoms with Crippen LogP contribution in [0.25, 0.3) is 0 Å². The SMILES string of the molecule is CS(=O)(=O)NC(=O)C1N=C(N(Cc2ccccc2Cl)c2ccc(C#N)cc2)SC1Br. The monoisotopic (exact) mass is 526 g/mol. The topological polar surface area (TPSA) is 103 Å². The van der Waals surface area contributed by atoms with Gasteiger partial charge in [0.25, 0.3) is 5.91 Å². The smallest absolute Gasteiger partial charge is 0.260 e. The number of nitrogens with zero attached hydrogens (tertiary/aromatic N) is 3. The molecule has 1 aliphatic heterocycles. The van der Waals surface area contributed by atoms with E-state index < -0.39 is 26.1 Å². The molecule has 0 radical (unpaired) electrons. The molecule has 3 rings (SSSR count). The number of amides is 1. The molecule has 0 fully saturated rings. The van der Waals surface area contributed by atoms with Crippen molar-refractivity contribution in [3.05, 3.63) is 64.7 Å². The quantitative estimate of drug-likeness (QED) is 0.597. The number of sulfonamides is 1. The number of hydrogen-bond acceptors (Lipinski definition) is 7. The number of nitriles is 1. The fourth-order valence-corrected chi connectivity index (χ4v) is 5.24. The van der Waals surface area contributed by atoms with Gasteiger partial charge in [0.2, 0.25) is 10.0 Å². The molecule has 0 aromatic heterocycles. The number of anilines is 1. The maximum absolute atomic E-state index is 12.4. The Morgan fingerprint density at radius 3 is 2.57 bits per heavy atom. The van der Waals surface area contributed by atoms with E-state index in [2.05, 4.69) is 27.0 Å². The fraction of sp³-hybridized carbons (Fsp3) is 0.211. The molecular formula is C19H16BrClN4O3S2. The first-order valence-corrected chi connectivity index (χ1v) is 12.7. The molecule has 11 heteroatoms. The lowest BCUT2D eigenvalue weighted by Crippen LogP contribution is -2.39. The Morgan fingerprint density at radius 2 is 1.97 bits per heavy atom. The average Bonchev–Trinajstić information content (AvgIpc) is 3.08. The number of benzene rings is 2. The van der Waals surface area contributed by atoms with Crippen LogP contribution in [0.5, 0.6) is 0 Å². The van der Waals surface area contributed by atoms with Crippen molar-refractivity contribution in [1.82, 2.24) is 4.72 Å². The van der Waals surface area contributed by atoms with E-state index in [0.717, 1.165) is 17.5 Å². The van der Waals surface area contributed by atoms with Gasteiger partial charge in [0.15, 0.2) is 11.2 Å². The Kier molecular flexibility index (Phi) is 7.08. The maximum atomic E-state index is 12.4. The summed E-state index contributed by atoms with van der Waals surface area (Å²) in [6.07, 6.45) is 0.918. The molecule has 156 valence electrons. The second kappa shape index (κ2) is 9.39. The van der Waals surface area contributed by atoms with Crippen molar-refractivity contribution >= 4 is 66.1 Å². The van der Waals surface area contributed by atoms with Gasteiger partial charge in [0.1, 0.15) is 0 Å². The minimum Gasteiger partial charge on any atom is -0.317 e. The third-order valence-electron chi connectivity index (χ3n) is 4.10. The molecule has 0 aliphatic carbocycles. The summed E-state index contributed by atoms with van der Waals surface area (Å²) < 4.78 is 24.4. The molecule has 0 saturated heterocycles. The molecule has 1 heterocycles. The first kappa shape index (κ1) is 22.6. The minimum atomic E-state index is -3.70. The lowest BCUT2D eigenvalue weighted by Gasteiger charge is -2.25. The van der Waals surface area contributed by atoms with Gasteiger partial charge in [-0.2, -0.15) is 5.26 Å². The molecule has 1 N–H and O–H groups in total. The number of aliphatic imine (C=N–C) groups is 1. The van der Waals surface area contributed by atoms with E-state index in [1.54, 1.807) is 30.3 Å². The van der Waals surface area contributed by atoms with Gasteiger partial charge in [-0.25, -0.2) is 13.4 Å². The number of nitrogens with one attached hydrogen (secondary N) is 1. The second-order valence-electron chi connectivity index (χ2n) is 6.40. The maximum Gasteiger partial charge on any atom is 0.260 e. The zero-order valence-corrected chi connectivity index (χ0v) is 19.6. The molecule has 0 bridgehead atoms. The van der Waals surface area contributed by atoms with E-state index in [0.29, 0.717) is 22.3 Å². The van der Waals surface area contributed by atoms with Crippen molar-refractivity contribution in [3.8, 4) is 6.07 Å². The van der Waals surface area contributed by atoms with Gasteiger partial charge in [0, 0.05) is 10.7 Å². The highest BCUT2D eigenvalue weighted by Crippen LogP contribution is 2.36. The molecular weight excluding hydrogens is 512 g/mol. The third kappa shape index (κ3) is 5.55. The van der Waals surface area contributed by atoms with Crippen LogP contribution in [0, 0.1) is 11.3 Å². The zero-order valence-electron chi connectivity index (χ0n) is 15.6. The number of halogens is 2. The van der Waals surface area contributed by atoms with Crippen LogP contribution >= 0.6 is 39.3 Å². The average molecular weight is 528 g/mol. The summed E-state index contributed by atoms with van der Waals surface area (Å²) in [5.74, 6) is -0.709. The second-order valence-corrected chi connectivity index (χ2v) is 11.3. The van der Waals surface area contributed by atoms with E-state index in [4.69, 9.17) is 16.9 Å². The van der Waals surface area contributed by atoms with Gasteiger partial charge in [-0.15, -0.1) is 0 Å². The molecule has 1 amide bonds. The number of rotatable bonds is 5. The van der Waals surface area contributed by atoms with Crippen LogP contribution in [0.1, 0.15) is 11.1 Å². The lowest BCUT2D eigenvalue weighted by atomic mass is 10.1. The Balaban J connectivity index is 1.97. The number of carbonyl (C=O) groups excluding carboxylic acids is 1. The summed E-state index contributed by atoms with van der Waals surface area (Å²) in [6.45, 7) is 0.373. The summed E-state index contributed by atoms with van der Waals surface area (Å²) in [5.41, 5.74) is 2.12. The van der Waals surface area contributed by atoms with Gasteiger partial charge in [-0.05, 0) is 35.9 Å². The lowest BCUT2D eigenvalue weighted by molar-refractivity contribution is -0.120. The number of hydrogen-bond donors (Lipinski definition) is 1. The Bertz CT molecular complexity index is 1130. The fourth-order valence-electron chi connectivity index (χ4n) is 2.71. The first-order valence-electron chi connectivity index (χ1n) is 8.59. The van der Waals surface area contributed by atoms with Gasteiger partial charge in [0.05, 0.1) is 28.6 Å². The molecule has 7 nitrogen and oxygen atoms in total. The highest BCUT2D eigenvalue weighted by Gasteiger charge is 2.37. The molecule has 2 atom stereocenters. The van der Waals surface area contributed by atoms with Crippen molar-refractivity contribution in [2.24, 2.45) is 4.99 Å². The third-order valence-corrected chi connectivity index (χ3v) is 7.12. The Labute approximate surface area is 192 Å². The highest BCUT2D eigenvalue weighted by atomic mass is 79.9. The van der Waals surface area contributed by atoms with Crippen molar-refractivity contribution in [2.45, 2.75) is 16.7 Å². The van der Waals surface area contributed by atoms with Crippen molar-refractivity contribution in [2.75, 3.05) is 11.2 Å². The summed E-state index contributed by atoms with van der Waals surface area (Å²) in [4.78, 5) is 18.7. The Morgan fingerprint density at radius 1 is 1.30 bits per heavy atom. The summed E-state index contributed by atoms with van der Waals surface area (Å²) in [5, 5.41) is 10.2. The van der Waals surface area contributed by atoms with Crippen LogP contribution in [0.3, 0.4) is 0 Å². The summed E-state index contributed by atoms with van der Waals surface area (Å²) in [7, 11) is -3.70. The van der Waals surface area contributed by atoms with E-state index in [1.807, 2.05) is 27.8 Å². The number of thioether (sulfide) groups is 1. The summed E-state index contributed by atoms with van der Waals surface area (Å²) in [6, 6.07) is 15.5. The molecule has 0 saturated carbocycles. The minimum absolute atomic E-state index is 0.373. The van der Waals surface area contributed by atoms with Crippen LogP contribution in [0.4, 0.5) is 5.69 Å². The van der Waals surface area contributed by atoms with Gasteiger partial charge >= 0.3 is 0 Å². The van der Waals surface area contributed by atoms with E-state index >= 15 is 0 Å². The van der Waals surface area contributed by atoms with Crippen LogP contribution in [0.2, 0.25) is 5.02 Å². The van der Waals surface area contributed by atoms with Crippen LogP contribution in [-0.2, 0) is 21.4 Å². The van der Waals surface area contributed by atoms with Gasteiger partial charge in [-0.1, -0.05) is 57.5 Å². The molecule has 2 aromatic rings.